The van der Waals surface area contributed by atoms with E-state index in [1.54, 1.807) is 42.5 Å². The molecule has 0 unspecified atom stereocenters. The molecule has 3 rings (SSSR count). The molecular formula is C20H15N3O3S. The van der Waals surface area contributed by atoms with Crippen LogP contribution in [0.25, 0.3) is 6.08 Å². The van der Waals surface area contributed by atoms with E-state index in [0.717, 1.165) is 22.2 Å². The van der Waals surface area contributed by atoms with Crippen molar-refractivity contribution in [1.82, 2.24) is 4.90 Å². The predicted molar refractivity (Wildman–Crippen MR) is 104 cm³/mol. The van der Waals surface area contributed by atoms with Crippen molar-refractivity contribution in [3.8, 4) is 6.07 Å². The number of benzene rings is 2. The Morgan fingerprint density at radius 1 is 1.15 bits per heavy atom. The largest absolute Gasteiger partial charge is 0.325 e. The summed E-state index contributed by atoms with van der Waals surface area (Å²) in [5.74, 6) is -0.950. The number of rotatable bonds is 4. The maximum absolute atomic E-state index is 12.5. The zero-order valence-electron chi connectivity index (χ0n) is 14.4. The Balaban J connectivity index is 1.68. The number of thioether (sulfide) groups is 1. The lowest BCUT2D eigenvalue weighted by molar-refractivity contribution is -0.127. The number of amides is 3. The fourth-order valence-corrected chi connectivity index (χ4v) is 3.26. The summed E-state index contributed by atoms with van der Waals surface area (Å²) in [6, 6.07) is 15.9. The Labute approximate surface area is 160 Å². The smallest absolute Gasteiger partial charge is 0.294 e. The molecule has 0 bridgehead atoms. The van der Waals surface area contributed by atoms with E-state index in [4.69, 9.17) is 5.26 Å². The minimum atomic E-state index is -0.506. The van der Waals surface area contributed by atoms with Crippen molar-refractivity contribution in [1.29, 1.82) is 5.26 Å². The number of nitrogens with zero attached hydrogens (tertiary/aromatic N) is 2. The summed E-state index contributed by atoms with van der Waals surface area (Å²) < 4.78 is 0. The van der Waals surface area contributed by atoms with E-state index >= 15 is 0 Å². The van der Waals surface area contributed by atoms with Gasteiger partial charge in [0.25, 0.3) is 11.1 Å². The van der Waals surface area contributed by atoms with Crippen LogP contribution in [0.5, 0.6) is 0 Å². The van der Waals surface area contributed by atoms with Crippen LogP contribution in [0, 0.1) is 18.3 Å². The lowest BCUT2D eigenvalue weighted by Gasteiger charge is -2.12. The highest BCUT2D eigenvalue weighted by Crippen LogP contribution is 2.32. The summed E-state index contributed by atoms with van der Waals surface area (Å²) in [4.78, 5) is 37.9. The van der Waals surface area contributed by atoms with Crippen LogP contribution in [0.1, 0.15) is 16.7 Å². The molecule has 1 aliphatic rings. The third-order valence-electron chi connectivity index (χ3n) is 3.85. The molecule has 0 atom stereocenters. The maximum Gasteiger partial charge on any atom is 0.294 e. The molecule has 1 fully saturated rings. The van der Waals surface area contributed by atoms with E-state index in [1.165, 1.54) is 0 Å². The molecule has 1 heterocycles. The maximum atomic E-state index is 12.5. The van der Waals surface area contributed by atoms with Crippen molar-refractivity contribution in [2.75, 3.05) is 11.9 Å². The van der Waals surface area contributed by atoms with Gasteiger partial charge in [0.05, 0.1) is 16.5 Å². The standard InChI is InChI=1S/C20H15N3O3S/c1-13-2-8-16(9-3-13)22-18(24)12-23-19(25)17(27-20(23)26)10-14-4-6-15(11-21)7-5-14/h2-10H,12H2,1H3,(H,22,24)/b17-10+. The molecule has 27 heavy (non-hydrogen) atoms. The van der Waals surface area contributed by atoms with Gasteiger partial charge >= 0.3 is 0 Å². The second-order valence-corrected chi connectivity index (χ2v) is 6.91. The highest BCUT2D eigenvalue weighted by Gasteiger charge is 2.36. The second-order valence-electron chi connectivity index (χ2n) is 5.92. The second kappa shape index (κ2) is 7.89. The number of imide groups is 1. The molecule has 0 spiro atoms. The molecule has 2 aromatic rings. The van der Waals surface area contributed by atoms with Gasteiger partial charge in [-0.25, -0.2) is 0 Å². The Morgan fingerprint density at radius 2 is 1.81 bits per heavy atom. The summed E-state index contributed by atoms with van der Waals surface area (Å²) >= 11 is 0.790. The minimum absolute atomic E-state index is 0.243. The van der Waals surface area contributed by atoms with Gasteiger partial charge in [0.1, 0.15) is 6.54 Å². The molecule has 3 amide bonds. The fraction of sp³-hybridized carbons (Fsp3) is 0.100. The van der Waals surface area contributed by atoms with Crippen LogP contribution < -0.4 is 5.32 Å². The molecule has 6 nitrogen and oxygen atoms in total. The van der Waals surface area contributed by atoms with Crippen molar-refractivity contribution in [3.63, 3.8) is 0 Å². The Kier molecular flexibility index (Phi) is 5.38. The topological polar surface area (TPSA) is 90.3 Å². The number of carbonyl (C=O) groups excluding carboxylic acids is 3. The Hall–Kier alpha value is -3.37. The summed E-state index contributed by atoms with van der Waals surface area (Å²) in [6.45, 7) is 1.59. The van der Waals surface area contributed by atoms with Crippen LogP contribution >= 0.6 is 11.8 Å². The van der Waals surface area contributed by atoms with Crippen LogP contribution in [0.3, 0.4) is 0 Å². The van der Waals surface area contributed by atoms with Gasteiger partial charge in [-0.1, -0.05) is 29.8 Å². The highest BCUT2D eigenvalue weighted by atomic mass is 32.2. The van der Waals surface area contributed by atoms with Gasteiger partial charge in [-0.15, -0.1) is 0 Å². The molecule has 0 saturated carbocycles. The number of carbonyl (C=O) groups is 3. The van der Waals surface area contributed by atoms with Crippen LogP contribution in [-0.2, 0) is 9.59 Å². The van der Waals surface area contributed by atoms with E-state index in [1.807, 2.05) is 25.1 Å². The highest BCUT2D eigenvalue weighted by molar-refractivity contribution is 8.18. The van der Waals surface area contributed by atoms with Crippen molar-refractivity contribution in [2.45, 2.75) is 6.92 Å². The lowest BCUT2D eigenvalue weighted by atomic mass is 10.1. The van der Waals surface area contributed by atoms with E-state index in [2.05, 4.69) is 5.32 Å². The van der Waals surface area contributed by atoms with E-state index in [9.17, 15) is 14.4 Å². The zero-order valence-corrected chi connectivity index (χ0v) is 15.2. The number of nitrogens with one attached hydrogen (secondary N) is 1. The summed E-state index contributed by atoms with van der Waals surface area (Å²) in [5.41, 5.74) is 2.87. The predicted octanol–water partition coefficient (Wildman–Crippen LogP) is 3.54. The first-order valence-corrected chi connectivity index (χ1v) is 8.90. The fourth-order valence-electron chi connectivity index (χ4n) is 2.42. The van der Waals surface area contributed by atoms with Gasteiger partial charge in [-0.2, -0.15) is 5.26 Å². The number of hydrogen-bond donors (Lipinski definition) is 1. The van der Waals surface area contributed by atoms with E-state index in [-0.39, 0.29) is 11.4 Å². The van der Waals surface area contributed by atoms with Gasteiger partial charge in [0.2, 0.25) is 5.91 Å². The molecule has 0 radical (unpaired) electrons. The van der Waals surface area contributed by atoms with Crippen LogP contribution in [0.4, 0.5) is 10.5 Å². The summed E-state index contributed by atoms with van der Waals surface area (Å²) in [6.07, 6.45) is 1.57. The minimum Gasteiger partial charge on any atom is -0.325 e. The van der Waals surface area contributed by atoms with Crippen molar-refractivity contribution in [3.05, 3.63) is 70.1 Å². The third kappa shape index (κ3) is 4.43. The zero-order chi connectivity index (χ0) is 19.4. The molecule has 134 valence electrons. The van der Waals surface area contributed by atoms with Crippen molar-refractivity contribution < 1.29 is 14.4 Å². The first-order valence-electron chi connectivity index (χ1n) is 8.08. The quantitative estimate of drug-likeness (QED) is 0.823. The normalized spacial score (nSPS) is 15.1. The Morgan fingerprint density at radius 3 is 2.44 bits per heavy atom. The van der Waals surface area contributed by atoms with Gasteiger partial charge in [-0.05, 0) is 54.6 Å². The number of hydrogen-bond acceptors (Lipinski definition) is 5. The summed E-state index contributed by atoms with van der Waals surface area (Å²) in [5, 5.41) is 11.0. The van der Waals surface area contributed by atoms with Crippen molar-refractivity contribution >= 4 is 40.6 Å². The monoisotopic (exact) mass is 377 g/mol. The molecule has 1 saturated heterocycles. The molecule has 2 aromatic carbocycles. The van der Waals surface area contributed by atoms with Gasteiger partial charge < -0.3 is 5.32 Å². The van der Waals surface area contributed by atoms with Gasteiger partial charge in [0.15, 0.2) is 0 Å². The third-order valence-corrected chi connectivity index (χ3v) is 4.76. The van der Waals surface area contributed by atoms with Crippen LogP contribution in [-0.4, -0.2) is 28.5 Å². The van der Waals surface area contributed by atoms with Gasteiger partial charge in [-0.3, -0.25) is 19.3 Å². The molecule has 0 aliphatic carbocycles. The first kappa shape index (κ1) is 18.4. The molecule has 0 aromatic heterocycles. The first-order chi connectivity index (χ1) is 13.0. The van der Waals surface area contributed by atoms with E-state index < -0.39 is 17.1 Å². The van der Waals surface area contributed by atoms with Crippen molar-refractivity contribution in [2.24, 2.45) is 0 Å². The SMILES string of the molecule is Cc1ccc(NC(=O)CN2C(=O)S/C(=C/c3ccc(C#N)cc3)C2=O)cc1. The van der Waals surface area contributed by atoms with Crippen LogP contribution in [0.15, 0.2) is 53.4 Å². The van der Waals surface area contributed by atoms with Gasteiger partial charge in [0, 0.05) is 5.69 Å². The lowest BCUT2D eigenvalue weighted by Crippen LogP contribution is -2.36. The molecular weight excluding hydrogens is 362 g/mol. The van der Waals surface area contributed by atoms with E-state index in [0.29, 0.717) is 16.8 Å². The average Bonchev–Trinajstić information content (AvgIpc) is 2.91. The molecule has 7 heteroatoms. The average molecular weight is 377 g/mol. The Bertz CT molecular complexity index is 973. The molecule has 1 aliphatic heterocycles. The number of anilines is 1. The molecule has 1 N–H and O–H groups in total. The van der Waals surface area contributed by atoms with Crippen LogP contribution in [0.2, 0.25) is 0 Å². The number of aryl methyl sites for hydroxylation is 1. The summed E-state index contributed by atoms with van der Waals surface area (Å²) in [7, 11) is 0. The number of nitriles is 1.